The van der Waals surface area contributed by atoms with Gasteiger partial charge in [-0.1, -0.05) is 49.4 Å². The fourth-order valence-electron chi connectivity index (χ4n) is 4.16. The smallest absolute Gasteiger partial charge is 0.227 e. The highest BCUT2D eigenvalue weighted by Gasteiger charge is 2.29. The highest BCUT2D eigenvalue weighted by molar-refractivity contribution is 6.54. The quantitative estimate of drug-likeness (QED) is 0.389. The van der Waals surface area contributed by atoms with E-state index in [2.05, 4.69) is 15.4 Å². The number of amides is 2. The maximum Gasteiger partial charge on any atom is 0.227 e. The van der Waals surface area contributed by atoms with Crippen LogP contribution < -0.4 is 16.1 Å². The zero-order valence-corrected chi connectivity index (χ0v) is 22.8. The molecular weight excluding hydrogens is 482 g/mol. The van der Waals surface area contributed by atoms with E-state index in [-0.39, 0.29) is 49.5 Å². The fraction of sp³-hybridized carbons (Fsp3) is 0.414. The minimum absolute atomic E-state index is 0.0292. The maximum absolute atomic E-state index is 13.5. The normalized spacial score (nSPS) is 16.3. The first-order chi connectivity index (χ1) is 18.1. The molecule has 9 nitrogen and oxygen atoms in total. The van der Waals surface area contributed by atoms with Crippen molar-refractivity contribution in [1.82, 2.24) is 5.32 Å². The number of ether oxygens (including phenoxy) is 1. The van der Waals surface area contributed by atoms with E-state index in [0.29, 0.717) is 23.7 Å². The van der Waals surface area contributed by atoms with Crippen LogP contribution in [0.15, 0.2) is 58.6 Å². The van der Waals surface area contributed by atoms with Crippen LogP contribution in [0.25, 0.3) is 0 Å². The van der Waals surface area contributed by atoms with Crippen LogP contribution in [0.3, 0.4) is 0 Å². The van der Waals surface area contributed by atoms with E-state index >= 15 is 0 Å². The number of carbonyl (C=O) groups is 3. The van der Waals surface area contributed by atoms with Crippen molar-refractivity contribution in [2.45, 2.75) is 52.7 Å². The predicted octanol–water partition coefficient (Wildman–Crippen LogP) is 3.23. The number of hydrazone groups is 1. The minimum atomic E-state index is -0.646. The van der Waals surface area contributed by atoms with Gasteiger partial charge in [-0.05, 0) is 32.4 Å². The van der Waals surface area contributed by atoms with Crippen molar-refractivity contribution in [2.24, 2.45) is 21.9 Å². The first kappa shape index (κ1) is 28.7. The van der Waals surface area contributed by atoms with Crippen molar-refractivity contribution in [3.05, 3.63) is 65.2 Å². The lowest BCUT2D eigenvalue weighted by molar-refractivity contribution is -0.128. The molecule has 38 heavy (non-hydrogen) atoms. The van der Waals surface area contributed by atoms with Crippen LogP contribution in [0.2, 0.25) is 0 Å². The Labute approximate surface area is 224 Å². The number of Topliss-reactive ketones (excluding diaryl/α,β-unsaturated/α-hetero) is 1. The number of para-hydroxylation sites is 1. The third kappa shape index (κ3) is 6.92. The zero-order chi connectivity index (χ0) is 27.9. The van der Waals surface area contributed by atoms with Gasteiger partial charge in [0.1, 0.15) is 11.5 Å². The molecule has 3 rings (SSSR count). The molecule has 0 radical (unpaired) electrons. The third-order valence-electron chi connectivity index (χ3n) is 6.62. The Hall–Kier alpha value is -3.85. The highest BCUT2D eigenvalue weighted by atomic mass is 16.5. The summed E-state index contributed by atoms with van der Waals surface area (Å²) < 4.78 is 5.82. The molecule has 1 atom stereocenters. The lowest BCUT2D eigenvalue weighted by atomic mass is 9.91. The van der Waals surface area contributed by atoms with Crippen LogP contribution in [-0.4, -0.2) is 54.8 Å². The number of rotatable bonds is 9. The summed E-state index contributed by atoms with van der Waals surface area (Å²) in [4.78, 5) is 43.8. The van der Waals surface area contributed by atoms with Gasteiger partial charge < -0.3 is 20.8 Å². The number of fused-ring (bicyclic) bond motifs is 2. The third-order valence-corrected chi connectivity index (χ3v) is 6.62. The second-order valence-electron chi connectivity index (χ2n) is 10.1. The molecule has 2 aromatic rings. The number of benzene rings is 2. The van der Waals surface area contributed by atoms with Crippen LogP contribution in [0.4, 0.5) is 5.69 Å². The second kappa shape index (κ2) is 12.6. The minimum Gasteiger partial charge on any atom is -0.373 e. The largest absolute Gasteiger partial charge is 0.373 e. The van der Waals surface area contributed by atoms with Gasteiger partial charge in [-0.3, -0.25) is 19.4 Å². The van der Waals surface area contributed by atoms with Crippen LogP contribution in [0, 0.1) is 5.92 Å². The predicted molar refractivity (Wildman–Crippen MR) is 149 cm³/mol. The summed E-state index contributed by atoms with van der Waals surface area (Å²) in [7, 11) is 1.67. The molecular formula is C29H37N5O4. The Morgan fingerprint density at radius 1 is 1.05 bits per heavy atom. The number of nitrogens with one attached hydrogen (secondary N) is 1. The molecule has 0 aromatic heterocycles. The van der Waals surface area contributed by atoms with E-state index < -0.39 is 5.60 Å². The molecule has 0 saturated heterocycles. The zero-order valence-electron chi connectivity index (χ0n) is 22.8. The lowest BCUT2D eigenvalue weighted by Gasteiger charge is -2.30. The molecule has 0 fully saturated rings. The van der Waals surface area contributed by atoms with Crippen LogP contribution in [-0.2, 0) is 25.7 Å². The molecule has 1 aliphatic rings. The van der Waals surface area contributed by atoms with Gasteiger partial charge in [0.25, 0.3) is 0 Å². The number of nitrogens with two attached hydrogens (primary N) is 1. The van der Waals surface area contributed by atoms with Crippen molar-refractivity contribution < 1.29 is 19.1 Å². The summed E-state index contributed by atoms with van der Waals surface area (Å²) in [5.74, 6) is 5.22. The van der Waals surface area contributed by atoms with Crippen LogP contribution in [0.5, 0.6) is 0 Å². The number of nitrogens with zero attached hydrogens (tertiary/aromatic N) is 3. The SMILES string of the molecule is CN=C1C(=NN)c2ccccc2CN(C(=O)CCC(=O)NCC(C)(C)OCC(C)C(C)=O)c2ccccc21. The molecule has 9 heteroatoms. The summed E-state index contributed by atoms with van der Waals surface area (Å²) in [5, 5.41) is 6.90. The molecule has 0 aliphatic carbocycles. The standard InChI is InChI=1S/C29H37N5O4/c1-19(20(2)35)17-38-29(3,4)18-32-25(36)14-15-26(37)34-16-21-10-6-7-11-22(21)28(33-30)27(31-5)23-12-8-9-13-24(23)34/h6-13,19H,14-18,30H2,1-5H3,(H,32,36). The number of hydrogen-bond donors (Lipinski definition) is 2. The highest BCUT2D eigenvalue weighted by Crippen LogP contribution is 2.30. The van der Waals surface area contributed by atoms with Gasteiger partial charge in [-0.25, -0.2) is 0 Å². The van der Waals surface area contributed by atoms with Gasteiger partial charge in [0.15, 0.2) is 0 Å². The van der Waals surface area contributed by atoms with E-state index in [1.165, 1.54) is 6.92 Å². The molecule has 1 aliphatic heterocycles. The number of anilines is 1. The van der Waals surface area contributed by atoms with E-state index in [0.717, 1.165) is 16.7 Å². The first-order valence-electron chi connectivity index (χ1n) is 12.7. The number of aliphatic imine (C=N–C) groups is 1. The summed E-state index contributed by atoms with van der Waals surface area (Å²) in [6.07, 6.45) is 0.0603. The van der Waals surface area contributed by atoms with Crippen molar-refractivity contribution >= 4 is 34.7 Å². The Bertz CT molecular complexity index is 1250. The molecule has 0 saturated carbocycles. The molecule has 0 bridgehead atoms. The molecule has 0 spiro atoms. The monoisotopic (exact) mass is 519 g/mol. The second-order valence-corrected chi connectivity index (χ2v) is 10.1. The maximum atomic E-state index is 13.5. The van der Waals surface area contributed by atoms with E-state index in [1.54, 1.807) is 11.9 Å². The molecule has 202 valence electrons. The van der Waals surface area contributed by atoms with Crippen molar-refractivity contribution in [1.29, 1.82) is 0 Å². The molecule has 2 amide bonds. The molecule has 2 aromatic carbocycles. The van der Waals surface area contributed by atoms with Crippen molar-refractivity contribution in [2.75, 3.05) is 25.1 Å². The summed E-state index contributed by atoms with van der Waals surface area (Å²) in [6.45, 7) is 7.90. The fourth-order valence-corrected chi connectivity index (χ4v) is 4.16. The van der Waals surface area contributed by atoms with Gasteiger partial charge in [0, 0.05) is 43.5 Å². The average Bonchev–Trinajstić information content (AvgIpc) is 2.90. The van der Waals surface area contributed by atoms with Crippen LogP contribution >= 0.6 is 0 Å². The summed E-state index contributed by atoms with van der Waals surface area (Å²) in [5.41, 5.74) is 3.61. The number of ketones is 1. The van der Waals surface area contributed by atoms with Gasteiger partial charge in [-0.2, -0.15) is 5.10 Å². The van der Waals surface area contributed by atoms with Gasteiger partial charge in [-0.15, -0.1) is 0 Å². The molecule has 1 heterocycles. The van der Waals surface area contributed by atoms with E-state index in [4.69, 9.17) is 10.6 Å². The van der Waals surface area contributed by atoms with Gasteiger partial charge >= 0.3 is 0 Å². The van der Waals surface area contributed by atoms with E-state index in [9.17, 15) is 14.4 Å². The molecule has 3 N–H and O–H groups in total. The summed E-state index contributed by atoms with van der Waals surface area (Å²) in [6, 6.07) is 15.1. The van der Waals surface area contributed by atoms with Crippen LogP contribution in [0.1, 0.15) is 57.2 Å². The average molecular weight is 520 g/mol. The Morgan fingerprint density at radius 2 is 1.71 bits per heavy atom. The summed E-state index contributed by atoms with van der Waals surface area (Å²) >= 11 is 0. The lowest BCUT2D eigenvalue weighted by Crippen LogP contribution is -2.42. The number of carbonyl (C=O) groups excluding carboxylic acids is 3. The topological polar surface area (TPSA) is 126 Å². The van der Waals surface area contributed by atoms with E-state index in [1.807, 2.05) is 69.3 Å². The van der Waals surface area contributed by atoms with Crippen molar-refractivity contribution in [3.63, 3.8) is 0 Å². The number of hydrogen-bond acceptors (Lipinski definition) is 7. The Balaban J connectivity index is 1.74. The van der Waals surface area contributed by atoms with Gasteiger partial charge in [0.2, 0.25) is 11.8 Å². The van der Waals surface area contributed by atoms with Crippen molar-refractivity contribution in [3.8, 4) is 0 Å². The first-order valence-corrected chi connectivity index (χ1v) is 12.7. The van der Waals surface area contributed by atoms with Gasteiger partial charge in [0.05, 0.1) is 30.2 Å². The molecule has 1 unspecified atom stereocenters. The Kier molecular flexibility index (Phi) is 9.52. The Morgan fingerprint density at radius 3 is 2.37 bits per heavy atom.